The number of amides is 1. The van der Waals surface area contributed by atoms with Crippen molar-refractivity contribution in [3.63, 3.8) is 0 Å². The Morgan fingerprint density at radius 3 is 2.61 bits per heavy atom. The van der Waals surface area contributed by atoms with Gasteiger partial charge in [0.2, 0.25) is 0 Å². The van der Waals surface area contributed by atoms with E-state index in [0.717, 1.165) is 6.42 Å². The molecule has 1 unspecified atom stereocenters. The summed E-state index contributed by atoms with van der Waals surface area (Å²) in [5, 5.41) is 11.8. The summed E-state index contributed by atoms with van der Waals surface area (Å²) in [6.07, 6.45) is 2.31. The van der Waals surface area contributed by atoms with Crippen LogP contribution in [-0.2, 0) is 16.1 Å². The molecule has 0 bridgehead atoms. The van der Waals surface area contributed by atoms with Crippen molar-refractivity contribution in [2.75, 3.05) is 6.61 Å². The van der Waals surface area contributed by atoms with Crippen LogP contribution >= 0.6 is 23.2 Å². The fourth-order valence-corrected chi connectivity index (χ4v) is 4.06. The van der Waals surface area contributed by atoms with Crippen LogP contribution in [0.15, 0.2) is 70.9 Å². The first-order valence-corrected chi connectivity index (χ1v) is 11.1. The van der Waals surface area contributed by atoms with Crippen LogP contribution in [0.25, 0.3) is 5.76 Å². The van der Waals surface area contributed by atoms with Gasteiger partial charge in [0.1, 0.15) is 17.3 Å². The second kappa shape index (κ2) is 9.73. The largest absolute Gasteiger partial charge is 0.507 e. The number of nitrogens with zero attached hydrogens (tertiary/aromatic N) is 1. The van der Waals surface area contributed by atoms with Gasteiger partial charge in [0, 0.05) is 5.56 Å². The summed E-state index contributed by atoms with van der Waals surface area (Å²) < 4.78 is 11.0. The van der Waals surface area contributed by atoms with Crippen molar-refractivity contribution in [1.29, 1.82) is 0 Å². The van der Waals surface area contributed by atoms with Crippen molar-refractivity contribution in [3.8, 4) is 5.75 Å². The number of hydrogen-bond acceptors (Lipinski definition) is 5. The normalized spacial score (nSPS) is 17.5. The third-order valence-corrected chi connectivity index (χ3v) is 6.02. The van der Waals surface area contributed by atoms with Crippen LogP contribution in [0.3, 0.4) is 0 Å². The second-order valence-corrected chi connectivity index (χ2v) is 8.37. The predicted octanol–water partition coefficient (Wildman–Crippen LogP) is 6.00. The highest BCUT2D eigenvalue weighted by atomic mass is 35.5. The van der Waals surface area contributed by atoms with Gasteiger partial charge >= 0.3 is 0 Å². The monoisotopic (exact) mass is 485 g/mol. The van der Waals surface area contributed by atoms with Crippen LogP contribution in [0.1, 0.15) is 36.3 Å². The molecule has 33 heavy (non-hydrogen) atoms. The third-order valence-electron chi connectivity index (χ3n) is 5.29. The molecule has 4 rings (SSSR count). The highest BCUT2D eigenvalue weighted by Crippen LogP contribution is 2.42. The van der Waals surface area contributed by atoms with Crippen LogP contribution in [0.2, 0.25) is 10.0 Å². The SMILES string of the molecule is CCCOc1cccc(/C(O)=C2\C(=O)C(=O)N(Cc3ccco3)C2c2ccc(Cl)c(Cl)c2)c1. The highest BCUT2D eigenvalue weighted by molar-refractivity contribution is 6.46. The van der Waals surface area contributed by atoms with Crippen LogP contribution < -0.4 is 4.74 Å². The Labute approximate surface area is 201 Å². The van der Waals surface area contributed by atoms with Gasteiger partial charge in [0.15, 0.2) is 0 Å². The molecule has 1 saturated heterocycles. The molecule has 3 aromatic rings. The second-order valence-electron chi connectivity index (χ2n) is 7.56. The van der Waals surface area contributed by atoms with E-state index in [1.807, 2.05) is 6.92 Å². The van der Waals surface area contributed by atoms with Crippen molar-refractivity contribution in [2.24, 2.45) is 0 Å². The van der Waals surface area contributed by atoms with E-state index in [4.69, 9.17) is 32.4 Å². The lowest BCUT2D eigenvalue weighted by Gasteiger charge is -2.24. The van der Waals surface area contributed by atoms with E-state index in [2.05, 4.69) is 0 Å². The minimum Gasteiger partial charge on any atom is -0.507 e. The van der Waals surface area contributed by atoms with Gasteiger partial charge in [-0.05, 0) is 48.4 Å². The van der Waals surface area contributed by atoms with Crippen molar-refractivity contribution in [3.05, 3.63) is 93.4 Å². The van der Waals surface area contributed by atoms with Gasteiger partial charge < -0.3 is 19.2 Å². The Kier molecular flexibility index (Phi) is 6.77. The molecule has 1 aliphatic rings. The number of furan rings is 1. The number of rotatable bonds is 7. The van der Waals surface area contributed by atoms with Crippen LogP contribution in [0.4, 0.5) is 0 Å². The van der Waals surface area contributed by atoms with Gasteiger partial charge in [-0.2, -0.15) is 0 Å². The summed E-state index contributed by atoms with van der Waals surface area (Å²) in [5.41, 5.74) is 0.859. The minimum absolute atomic E-state index is 0.0406. The molecule has 170 valence electrons. The van der Waals surface area contributed by atoms with Crippen molar-refractivity contribution in [2.45, 2.75) is 25.9 Å². The smallest absolute Gasteiger partial charge is 0.296 e. The molecular weight excluding hydrogens is 465 g/mol. The van der Waals surface area contributed by atoms with Crippen molar-refractivity contribution >= 4 is 40.7 Å². The number of Topliss-reactive ketones (excluding diaryl/α,β-unsaturated/α-hetero) is 1. The maximum atomic E-state index is 13.1. The van der Waals surface area contributed by atoms with Crippen molar-refractivity contribution < 1.29 is 23.8 Å². The molecule has 1 amide bonds. The summed E-state index contributed by atoms with van der Waals surface area (Å²) in [6, 6.07) is 14.1. The van der Waals surface area contributed by atoms with Crippen LogP contribution in [0, 0.1) is 0 Å². The number of carbonyl (C=O) groups excluding carboxylic acids is 2. The molecule has 6 nitrogen and oxygen atoms in total. The summed E-state index contributed by atoms with van der Waals surface area (Å²) in [4.78, 5) is 27.5. The quantitative estimate of drug-likeness (QED) is 0.252. The lowest BCUT2D eigenvalue weighted by Crippen LogP contribution is -2.29. The predicted molar refractivity (Wildman–Crippen MR) is 125 cm³/mol. The first-order valence-electron chi connectivity index (χ1n) is 10.4. The Hall–Kier alpha value is -3.22. The molecule has 8 heteroatoms. The van der Waals surface area contributed by atoms with Gasteiger partial charge in [-0.1, -0.05) is 48.3 Å². The maximum absolute atomic E-state index is 13.1. The third kappa shape index (κ3) is 4.63. The number of likely N-dealkylation sites (tertiary alicyclic amines) is 1. The molecule has 0 spiro atoms. The molecule has 1 aromatic heterocycles. The number of hydrogen-bond donors (Lipinski definition) is 1. The molecule has 0 radical (unpaired) electrons. The van der Waals surface area contributed by atoms with E-state index in [1.165, 1.54) is 11.2 Å². The average Bonchev–Trinajstić information content (AvgIpc) is 3.42. The Morgan fingerprint density at radius 1 is 1.09 bits per heavy atom. The summed E-state index contributed by atoms with van der Waals surface area (Å²) in [5.74, 6) is -0.792. The lowest BCUT2D eigenvalue weighted by molar-refractivity contribution is -0.140. The molecular formula is C25H21Cl2NO5. The number of aliphatic hydroxyl groups is 1. The van der Waals surface area contributed by atoms with Crippen LogP contribution in [-0.4, -0.2) is 28.3 Å². The zero-order chi connectivity index (χ0) is 23.5. The van der Waals surface area contributed by atoms with E-state index >= 15 is 0 Å². The molecule has 2 aromatic carbocycles. The molecule has 0 aliphatic carbocycles. The molecule has 1 aliphatic heterocycles. The van der Waals surface area contributed by atoms with Gasteiger partial charge in [0.25, 0.3) is 11.7 Å². The number of carbonyl (C=O) groups is 2. The Balaban J connectivity index is 1.84. The summed E-state index contributed by atoms with van der Waals surface area (Å²) in [6.45, 7) is 2.54. The Bertz CT molecular complexity index is 1220. The first-order chi connectivity index (χ1) is 15.9. The zero-order valence-electron chi connectivity index (χ0n) is 17.8. The highest BCUT2D eigenvalue weighted by Gasteiger charge is 2.46. The fraction of sp³-hybridized carbons (Fsp3) is 0.200. The summed E-state index contributed by atoms with van der Waals surface area (Å²) >= 11 is 12.3. The van der Waals surface area contributed by atoms with Gasteiger partial charge in [0.05, 0.1) is 41.1 Å². The molecule has 1 atom stereocenters. The minimum atomic E-state index is -0.884. The number of halogens is 2. The average molecular weight is 486 g/mol. The van der Waals surface area contributed by atoms with E-state index < -0.39 is 17.7 Å². The standard InChI is InChI=1S/C25H21Cl2NO5/c1-2-10-32-17-6-3-5-16(12-17)23(29)21-22(15-8-9-19(26)20(27)13-15)28(25(31)24(21)30)14-18-7-4-11-33-18/h3-9,11-13,22,29H,2,10,14H2,1H3/b23-21+. The Morgan fingerprint density at radius 2 is 1.91 bits per heavy atom. The molecule has 1 N–H and O–H groups in total. The van der Waals surface area contributed by atoms with Gasteiger partial charge in [-0.3, -0.25) is 9.59 Å². The maximum Gasteiger partial charge on any atom is 0.296 e. The lowest BCUT2D eigenvalue weighted by atomic mass is 9.95. The van der Waals surface area contributed by atoms with E-state index in [1.54, 1.807) is 54.6 Å². The van der Waals surface area contributed by atoms with E-state index in [9.17, 15) is 14.7 Å². The van der Waals surface area contributed by atoms with E-state index in [0.29, 0.717) is 34.3 Å². The first kappa shape index (κ1) is 23.0. The zero-order valence-corrected chi connectivity index (χ0v) is 19.3. The number of benzene rings is 2. The number of ketones is 1. The topological polar surface area (TPSA) is 80.0 Å². The molecule has 0 saturated carbocycles. The number of ether oxygens (including phenoxy) is 1. The van der Waals surface area contributed by atoms with Crippen molar-refractivity contribution in [1.82, 2.24) is 4.90 Å². The van der Waals surface area contributed by atoms with Gasteiger partial charge in [-0.25, -0.2) is 0 Å². The van der Waals surface area contributed by atoms with Crippen LogP contribution in [0.5, 0.6) is 5.75 Å². The molecule has 1 fully saturated rings. The van der Waals surface area contributed by atoms with E-state index in [-0.39, 0.29) is 22.9 Å². The molecule has 2 heterocycles. The summed E-state index contributed by atoms with van der Waals surface area (Å²) in [7, 11) is 0. The fourth-order valence-electron chi connectivity index (χ4n) is 3.75. The van der Waals surface area contributed by atoms with Gasteiger partial charge in [-0.15, -0.1) is 0 Å². The number of aliphatic hydroxyl groups excluding tert-OH is 1.